The van der Waals surface area contributed by atoms with E-state index in [0.717, 1.165) is 24.1 Å². The van der Waals surface area contributed by atoms with Crippen LogP contribution < -0.4 is 5.73 Å². The molecule has 40 heavy (non-hydrogen) atoms. The van der Waals surface area contributed by atoms with Gasteiger partial charge in [0.25, 0.3) is 0 Å². The highest BCUT2D eigenvalue weighted by Gasteiger charge is 1.99. The van der Waals surface area contributed by atoms with E-state index in [9.17, 15) is 0 Å². The molecule has 3 heterocycles. The molecule has 0 unspecified atom stereocenters. The summed E-state index contributed by atoms with van der Waals surface area (Å²) in [4.78, 5) is 3.15. The van der Waals surface area contributed by atoms with E-state index in [-0.39, 0.29) is 0 Å². The number of alkyl halides is 1. The molecule has 0 bridgehead atoms. The van der Waals surface area contributed by atoms with Gasteiger partial charge < -0.3 is 19.9 Å². The number of hydrogen-bond donors (Lipinski definition) is 2. The molecule has 0 spiro atoms. The van der Waals surface area contributed by atoms with Crippen LogP contribution in [0.15, 0.2) is 129 Å². The first-order chi connectivity index (χ1) is 19.4. The molecule has 5 heteroatoms. The maximum atomic E-state index is 5.68. The van der Waals surface area contributed by atoms with Crippen molar-refractivity contribution in [3.05, 3.63) is 140 Å². The first-order valence-corrected chi connectivity index (χ1v) is 14.3. The van der Waals surface area contributed by atoms with Gasteiger partial charge in [-0.15, -0.1) is 19.7 Å². The normalized spacial score (nSPS) is 10.1. The average molecular weight is 596 g/mol. The zero-order valence-corrected chi connectivity index (χ0v) is 25.1. The lowest BCUT2D eigenvalue weighted by atomic mass is 10.2. The summed E-state index contributed by atoms with van der Waals surface area (Å²) in [5.74, 6) is 0. The molecular weight excluding hydrogens is 556 g/mol. The predicted molar refractivity (Wildman–Crippen MR) is 180 cm³/mol. The Kier molecular flexibility index (Phi) is 11.7. The zero-order chi connectivity index (χ0) is 28.9. The SMILES string of the molecule is C=CCBr.C=CCn1ccc2cc(C)ccc21.C=CCn1ccc2cc(N)ccc21.Cc1ccc2[nH]ccc2c1. The second kappa shape index (κ2) is 15.4. The van der Waals surface area contributed by atoms with Gasteiger partial charge in [-0.3, -0.25) is 0 Å². The fourth-order valence-corrected chi connectivity index (χ4v) is 4.31. The molecule has 0 aliphatic carbocycles. The van der Waals surface area contributed by atoms with Crippen LogP contribution in [-0.4, -0.2) is 19.4 Å². The van der Waals surface area contributed by atoms with Gasteiger partial charge in [0.05, 0.1) is 0 Å². The van der Waals surface area contributed by atoms with E-state index in [0.29, 0.717) is 0 Å². The van der Waals surface area contributed by atoms with E-state index in [2.05, 4.69) is 124 Å². The minimum Gasteiger partial charge on any atom is -0.399 e. The highest BCUT2D eigenvalue weighted by atomic mass is 79.9. The van der Waals surface area contributed by atoms with Crippen molar-refractivity contribution in [2.75, 3.05) is 11.1 Å². The molecular formula is C35H39BrN4. The van der Waals surface area contributed by atoms with Crippen LogP contribution in [0.25, 0.3) is 32.7 Å². The average Bonchev–Trinajstić information content (AvgIpc) is 3.68. The number of halogens is 1. The fraction of sp³-hybridized carbons (Fsp3) is 0.143. The van der Waals surface area contributed by atoms with Crippen LogP contribution in [-0.2, 0) is 13.1 Å². The van der Waals surface area contributed by atoms with Crippen LogP contribution in [0.1, 0.15) is 11.1 Å². The van der Waals surface area contributed by atoms with E-state index in [4.69, 9.17) is 5.73 Å². The Bertz CT molecular complexity index is 1600. The van der Waals surface area contributed by atoms with Crippen LogP contribution in [0.3, 0.4) is 0 Å². The Balaban J connectivity index is 0.000000156. The lowest BCUT2D eigenvalue weighted by molar-refractivity contribution is 0.865. The molecule has 3 aromatic heterocycles. The summed E-state index contributed by atoms with van der Waals surface area (Å²) in [5.41, 5.74) is 12.8. The van der Waals surface area contributed by atoms with Crippen molar-refractivity contribution in [2.24, 2.45) is 0 Å². The van der Waals surface area contributed by atoms with Crippen LogP contribution in [0.4, 0.5) is 5.69 Å². The quantitative estimate of drug-likeness (QED) is 0.116. The van der Waals surface area contributed by atoms with Gasteiger partial charge in [-0.2, -0.15) is 0 Å². The van der Waals surface area contributed by atoms with Crippen molar-refractivity contribution < 1.29 is 0 Å². The van der Waals surface area contributed by atoms with Crippen molar-refractivity contribution in [3.63, 3.8) is 0 Å². The maximum absolute atomic E-state index is 5.68. The molecule has 3 N–H and O–H groups in total. The molecule has 0 saturated carbocycles. The first kappa shape index (κ1) is 30.3. The highest BCUT2D eigenvalue weighted by molar-refractivity contribution is 9.09. The minimum absolute atomic E-state index is 0.809. The van der Waals surface area contributed by atoms with E-state index >= 15 is 0 Å². The minimum atomic E-state index is 0.809. The van der Waals surface area contributed by atoms with Gasteiger partial charge in [-0.05, 0) is 85.3 Å². The Morgan fingerprint density at radius 2 is 1.23 bits per heavy atom. The van der Waals surface area contributed by atoms with E-state index in [1.807, 2.05) is 42.7 Å². The summed E-state index contributed by atoms with van der Waals surface area (Å²) < 4.78 is 4.34. The molecule has 0 aliphatic rings. The summed E-state index contributed by atoms with van der Waals surface area (Å²) in [6, 6.07) is 25.1. The number of nitrogens with one attached hydrogen (secondary N) is 1. The van der Waals surface area contributed by atoms with E-state index in [1.54, 1.807) is 6.08 Å². The maximum Gasteiger partial charge on any atom is 0.0484 e. The molecule has 4 nitrogen and oxygen atoms in total. The molecule has 6 aromatic rings. The molecule has 0 saturated heterocycles. The summed E-state index contributed by atoms with van der Waals surface area (Å²) in [7, 11) is 0. The number of anilines is 1. The van der Waals surface area contributed by atoms with E-state index < -0.39 is 0 Å². The van der Waals surface area contributed by atoms with Crippen LogP contribution in [0.2, 0.25) is 0 Å². The lowest BCUT2D eigenvalue weighted by Gasteiger charge is -2.00. The molecule has 0 fully saturated rings. The summed E-state index contributed by atoms with van der Waals surface area (Å²) in [6.45, 7) is 16.8. The van der Waals surface area contributed by atoms with Crippen molar-refractivity contribution in [2.45, 2.75) is 26.9 Å². The third-order valence-corrected chi connectivity index (χ3v) is 6.65. The van der Waals surface area contributed by atoms with Crippen LogP contribution in [0, 0.1) is 13.8 Å². The second-order valence-corrected chi connectivity index (χ2v) is 10.1. The van der Waals surface area contributed by atoms with Crippen molar-refractivity contribution >= 4 is 54.3 Å². The van der Waals surface area contributed by atoms with Gasteiger partial charge >= 0.3 is 0 Å². The number of allylic oxidation sites excluding steroid dienone is 3. The number of nitrogens with zero attached hydrogens (tertiary/aromatic N) is 2. The number of aromatic nitrogens is 3. The number of rotatable bonds is 5. The molecule has 6 rings (SSSR count). The Morgan fingerprint density at radius 3 is 1.80 bits per heavy atom. The number of hydrogen-bond acceptors (Lipinski definition) is 1. The monoisotopic (exact) mass is 594 g/mol. The Labute approximate surface area is 246 Å². The Hall–Kier alpha value is -4.22. The number of nitrogens with two attached hydrogens (primary N) is 1. The standard InChI is InChI=1S/C12H13N.C11H12N2.C9H9N.C3H5Br/c1-3-7-13-8-6-11-9-10(2)4-5-12(11)13;1-2-6-13-7-5-9-8-10(12)3-4-11(9)13;1-7-2-3-9-8(6-7)4-5-10-9;1-2-3-4/h3-6,8-9H,1,7H2,2H3;2-5,7-8H,1,6,12H2;2-6,10H,1H3;2H,1,3H2. The van der Waals surface area contributed by atoms with E-state index in [1.165, 1.54) is 43.8 Å². The number of H-pyrrole nitrogens is 1. The van der Waals surface area contributed by atoms with Gasteiger partial charge in [0.2, 0.25) is 0 Å². The zero-order valence-electron chi connectivity index (χ0n) is 23.5. The summed E-state index contributed by atoms with van der Waals surface area (Å²) in [5, 5.41) is 4.68. The summed E-state index contributed by atoms with van der Waals surface area (Å²) >= 11 is 3.13. The Morgan fingerprint density at radius 1 is 0.700 bits per heavy atom. The molecule has 3 aromatic carbocycles. The van der Waals surface area contributed by atoms with Gasteiger partial charge in [0, 0.05) is 64.6 Å². The van der Waals surface area contributed by atoms with Crippen molar-refractivity contribution in [1.82, 2.24) is 14.1 Å². The predicted octanol–water partition coefficient (Wildman–Crippen LogP) is 9.59. The lowest BCUT2D eigenvalue weighted by Crippen LogP contribution is -1.91. The molecule has 0 amide bonds. The van der Waals surface area contributed by atoms with Gasteiger partial charge in [0.15, 0.2) is 0 Å². The fourth-order valence-electron chi connectivity index (χ4n) is 4.31. The number of aromatic amines is 1. The summed E-state index contributed by atoms with van der Waals surface area (Å²) in [6.07, 6.45) is 11.7. The van der Waals surface area contributed by atoms with Gasteiger partial charge in [-0.1, -0.05) is 57.4 Å². The second-order valence-electron chi connectivity index (χ2n) is 9.41. The topological polar surface area (TPSA) is 51.7 Å². The van der Waals surface area contributed by atoms with Crippen LogP contribution >= 0.6 is 15.9 Å². The number of nitrogen functional groups attached to an aromatic ring is 1. The van der Waals surface area contributed by atoms with Gasteiger partial charge in [-0.25, -0.2) is 0 Å². The van der Waals surface area contributed by atoms with Gasteiger partial charge in [0.1, 0.15) is 0 Å². The molecule has 0 atom stereocenters. The third kappa shape index (κ3) is 8.39. The number of fused-ring (bicyclic) bond motifs is 3. The van der Waals surface area contributed by atoms with Crippen LogP contribution in [0.5, 0.6) is 0 Å². The van der Waals surface area contributed by atoms with Crippen molar-refractivity contribution in [3.8, 4) is 0 Å². The number of aryl methyl sites for hydroxylation is 2. The third-order valence-electron chi connectivity index (χ3n) is 6.19. The smallest absolute Gasteiger partial charge is 0.0484 e. The number of benzene rings is 3. The molecule has 0 radical (unpaired) electrons. The molecule has 206 valence electrons. The molecule has 0 aliphatic heterocycles. The largest absolute Gasteiger partial charge is 0.399 e. The first-order valence-electron chi connectivity index (χ1n) is 13.2. The van der Waals surface area contributed by atoms with Crippen molar-refractivity contribution in [1.29, 1.82) is 0 Å². The highest BCUT2D eigenvalue weighted by Crippen LogP contribution is 2.19.